The zero-order valence-electron chi connectivity index (χ0n) is 14.3. The van der Waals surface area contributed by atoms with E-state index in [0.29, 0.717) is 50.2 Å². The van der Waals surface area contributed by atoms with Gasteiger partial charge in [0.15, 0.2) is 0 Å². The van der Waals surface area contributed by atoms with Gasteiger partial charge in [0.05, 0.1) is 38.2 Å². The lowest BCUT2D eigenvalue weighted by molar-refractivity contribution is -0.0539. The monoisotopic (exact) mass is 346 g/mol. The Morgan fingerprint density at radius 3 is 3.00 bits per heavy atom. The quantitative estimate of drug-likeness (QED) is 0.828. The molecule has 134 valence electrons. The molecule has 1 spiro atoms. The molecule has 0 saturated carbocycles. The number of rotatable bonds is 3. The maximum atomic E-state index is 12.8. The molecule has 2 aliphatic rings. The SMILES string of the molecule is Cc1occc1C(=O)N1CCOC[C@@]2(C[C@@H](Cn3cnnc3)CO2)C1. The van der Waals surface area contributed by atoms with E-state index in [0.717, 1.165) is 13.0 Å². The predicted octanol–water partition coefficient (Wildman–Crippen LogP) is 1.13. The molecule has 0 aromatic carbocycles. The molecule has 4 rings (SSSR count). The van der Waals surface area contributed by atoms with Gasteiger partial charge in [0, 0.05) is 19.0 Å². The maximum absolute atomic E-state index is 12.8. The van der Waals surface area contributed by atoms with Crippen LogP contribution in [0.4, 0.5) is 0 Å². The van der Waals surface area contributed by atoms with Gasteiger partial charge in [-0.1, -0.05) is 0 Å². The van der Waals surface area contributed by atoms with E-state index in [9.17, 15) is 4.79 Å². The van der Waals surface area contributed by atoms with Crippen LogP contribution in [0.25, 0.3) is 0 Å². The topological polar surface area (TPSA) is 82.6 Å². The van der Waals surface area contributed by atoms with Crippen LogP contribution in [-0.4, -0.2) is 64.1 Å². The Balaban J connectivity index is 1.46. The number of aromatic nitrogens is 3. The van der Waals surface area contributed by atoms with Crippen molar-refractivity contribution < 1.29 is 18.7 Å². The second-order valence-electron chi connectivity index (χ2n) is 6.89. The van der Waals surface area contributed by atoms with Crippen molar-refractivity contribution in [2.75, 3.05) is 32.9 Å². The summed E-state index contributed by atoms with van der Waals surface area (Å²) in [6.45, 7) is 5.39. The lowest BCUT2D eigenvalue weighted by atomic mass is 9.94. The first-order valence-corrected chi connectivity index (χ1v) is 8.53. The molecule has 0 aliphatic carbocycles. The molecular weight excluding hydrogens is 324 g/mol. The highest BCUT2D eigenvalue weighted by Crippen LogP contribution is 2.34. The van der Waals surface area contributed by atoms with E-state index >= 15 is 0 Å². The van der Waals surface area contributed by atoms with E-state index in [4.69, 9.17) is 13.9 Å². The summed E-state index contributed by atoms with van der Waals surface area (Å²) in [6.07, 6.45) is 5.82. The van der Waals surface area contributed by atoms with Crippen LogP contribution in [0.15, 0.2) is 29.4 Å². The molecule has 2 aliphatic heterocycles. The fourth-order valence-electron chi connectivity index (χ4n) is 3.74. The highest BCUT2D eigenvalue weighted by Gasteiger charge is 2.44. The van der Waals surface area contributed by atoms with Crippen molar-refractivity contribution in [3.63, 3.8) is 0 Å². The molecule has 0 bridgehead atoms. The molecule has 25 heavy (non-hydrogen) atoms. The number of carbonyl (C=O) groups is 1. The minimum Gasteiger partial charge on any atom is -0.469 e. The molecule has 2 aromatic heterocycles. The summed E-state index contributed by atoms with van der Waals surface area (Å²) in [5, 5.41) is 7.68. The summed E-state index contributed by atoms with van der Waals surface area (Å²) in [5.74, 6) is 0.967. The van der Waals surface area contributed by atoms with Crippen LogP contribution in [0.5, 0.6) is 0 Å². The maximum Gasteiger partial charge on any atom is 0.257 e. The van der Waals surface area contributed by atoms with Gasteiger partial charge in [-0.3, -0.25) is 4.79 Å². The Morgan fingerprint density at radius 1 is 1.40 bits per heavy atom. The molecule has 2 atom stereocenters. The predicted molar refractivity (Wildman–Crippen MR) is 87.0 cm³/mol. The standard InChI is InChI=1S/C17H22N4O4/c1-13-15(2-4-24-13)16(22)21-3-5-23-10-17(9-21)6-14(8-25-17)7-20-11-18-19-12-20/h2,4,11-12,14H,3,5-10H2,1H3/t14-,17+/m0/s1. The number of ether oxygens (including phenoxy) is 2. The normalized spacial score (nSPS) is 26.9. The summed E-state index contributed by atoms with van der Waals surface area (Å²) in [4.78, 5) is 14.7. The molecule has 2 fully saturated rings. The van der Waals surface area contributed by atoms with E-state index in [2.05, 4.69) is 10.2 Å². The van der Waals surface area contributed by atoms with E-state index in [1.807, 2.05) is 9.47 Å². The van der Waals surface area contributed by atoms with Crippen LogP contribution >= 0.6 is 0 Å². The van der Waals surface area contributed by atoms with Crippen molar-refractivity contribution in [1.29, 1.82) is 0 Å². The third-order valence-corrected chi connectivity index (χ3v) is 4.95. The van der Waals surface area contributed by atoms with Crippen LogP contribution < -0.4 is 0 Å². The zero-order valence-corrected chi connectivity index (χ0v) is 14.3. The van der Waals surface area contributed by atoms with E-state index < -0.39 is 5.60 Å². The molecular formula is C17H22N4O4. The molecule has 0 radical (unpaired) electrons. The highest BCUT2D eigenvalue weighted by atomic mass is 16.5. The minimum absolute atomic E-state index is 0.0259. The van der Waals surface area contributed by atoms with Crippen molar-refractivity contribution in [1.82, 2.24) is 19.7 Å². The fraction of sp³-hybridized carbons (Fsp3) is 0.588. The van der Waals surface area contributed by atoms with Gasteiger partial charge in [0.1, 0.15) is 24.0 Å². The molecule has 1 amide bonds. The van der Waals surface area contributed by atoms with Crippen molar-refractivity contribution in [2.24, 2.45) is 5.92 Å². The van der Waals surface area contributed by atoms with E-state index in [1.54, 1.807) is 31.9 Å². The van der Waals surface area contributed by atoms with Gasteiger partial charge >= 0.3 is 0 Å². The number of amides is 1. The lowest BCUT2D eigenvalue weighted by Gasteiger charge is -2.31. The number of nitrogens with zero attached hydrogens (tertiary/aromatic N) is 4. The second-order valence-corrected chi connectivity index (χ2v) is 6.89. The largest absolute Gasteiger partial charge is 0.469 e. The van der Waals surface area contributed by atoms with Crippen molar-refractivity contribution in [3.8, 4) is 0 Å². The van der Waals surface area contributed by atoms with Crippen molar-refractivity contribution >= 4 is 5.91 Å². The molecule has 4 heterocycles. The lowest BCUT2D eigenvalue weighted by Crippen LogP contribution is -2.46. The molecule has 0 unspecified atom stereocenters. The second kappa shape index (κ2) is 6.61. The summed E-state index contributed by atoms with van der Waals surface area (Å²) in [6, 6.07) is 1.72. The summed E-state index contributed by atoms with van der Waals surface area (Å²) in [5.41, 5.74) is 0.166. The van der Waals surface area contributed by atoms with Crippen molar-refractivity contribution in [3.05, 3.63) is 36.3 Å². The molecule has 8 heteroatoms. The Labute approximate surface area is 145 Å². The molecule has 2 saturated heterocycles. The number of carbonyl (C=O) groups excluding carboxylic acids is 1. The zero-order chi connectivity index (χ0) is 17.3. The Morgan fingerprint density at radius 2 is 2.24 bits per heavy atom. The van der Waals surface area contributed by atoms with Crippen molar-refractivity contribution in [2.45, 2.75) is 25.5 Å². The Hall–Kier alpha value is -2.19. The number of hydrogen-bond acceptors (Lipinski definition) is 6. The summed E-state index contributed by atoms with van der Waals surface area (Å²) < 4.78 is 19.2. The molecule has 2 aromatic rings. The average Bonchev–Trinajstić information content (AvgIpc) is 3.30. The minimum atomic E-state index is -0.442. The van der Waals surface area contributed by atoms with Crippen LogP contribution in [0.3, 0.4) is 0 Å². The smallest absolute Gasteiger partial charge is 0.257 e. The number of hydrogen-bond donors (Lipinski definition) is 0. The average molecular weight is 346 g/mol. The van der Waals surface area contributed by atoms with Gasteiger partial charge in [-0.25, -0.2) is 0 Å². The Kier molecular flexibility index (Phi) is 4.30. The number of furan rings is 1. The highest BCUT2D eigenvalue weighted by molar-refractivity contribution is 5.95. The first kappa shape index (κ1) is 16.3. The molecule has 8 nitrogen and oxygen atoms in total. The van der Waals surface area contributed by atoms with Crippen LogP contribution in [0.1, 0.15) is 22.5 Å². The first-order chi connectivity index (χ1) is 12.2. The van der Waals surface area contributed by atoms with Crippen LogP contribution in [-0.2, 0) is 16.0 Å². The third-order valence-electron chi connectivity index (χ3n) is 4.95. The molecule has 0 N–H and O–H groups in total. The Bertz CT molecular complexity index is 729. The van der Waals surface area contributed by atoms with Gasteiger partial charge in [-0.05, 0) is 19.4 Å². The van der Waals surface area contributed by atoms with E-state index in [1.165, 1.54) is 0 Å². The first-order valence-electron chi connectivity index (χ1n) is 8.53. The van der Waals surface area contributed by atoms with Gasteiger partial charge in [0.25, 0.3) is 5.91 Å². The van der Waals surface area contributed by atoms with Crippen LogP contribution in [0, 0.1) is 12.8 Å². The number of aryl methyl sites for hydroxylation is 1. The third kappa shape index (κ3) is 3.32. The van der Waals surface area contributed by atoms with Crippen LogP contribution in [0.2, 0.25) is 0 Å². The summed E-state index contributed by atoms with van der Waals surface area (Å²) in [7, 11) is 0. The van der Waals surface area contributed by atoms with Gasteiger partial charge in [-0.15, -0.1) is 10.2 Å². The van der Waals surface area contributed by atoms with E-state index in [-0.39, 0.29) is 5.91 Å². The fourth-order valence-corrected chi connectivity index (χ4v) is 3.74. The van der Waals surface area contributed by atoms with Gasteiger partial charge in [-0.2, -0.15) is 0 Å². The van der Waals surface area contributed by atoms with Gasteiger partial charge in [0.2, 0.25) is 0 Å². The van der Waals surface area contributed by atoms with Gasteiger partial charge < -0.3 is 23.4 Å². The summed E-state index contributed by atoms with van der Waals surface area (Å²) >= 11 is 0.